The molecule has 4 heteroatoms. The molecule has 2 aromatic rings. The number of hydrogen-bond donors (Lipinski definition) is 0. The summed E-state index contributed by atoms with van der Waals surface area (Å²) in [7, 11) is 0. The van der Waals surface area contributed by atoms with E-state index in [2.05, 4.69) is 0 Å². The minimum Gasteiger partial charge on any atom is -0.469 e. The Balaban J connectivity index is 2.24. The van der Waals surface area contributed by atoms with Crippen LogP contribution < -0.4 is 0 Å². The van der Waals surface area contributed by atoms with Crippen molar-refractivity contribution in [3.8, 4) is 0 Å². The third-order valence-electron chi connectivity index (χ3n) is 2.52. The van der Waals surface area contributed by atoms with E-state index in [1.54, 1.807) is 6.92 Å². The van der Waals surface area contributed by atoms with Gasteiger partial charge in [-0.05, 0) is 36.8 Å². The van der Waals surface area contributed by atoms with Gasteiger partial charge in [0.1, 0.15) is 17.4 Å². The molecule has 0 N–H and O–H groups in total. The number of Topliss-reactive ketones (excluding diaryl/α,β-unsaturated/α-hetero) is 1. The number of furan rings is 1. The first kappa shape index (κ1) is 11.5. The molecule has 0 unspecified atom stereocenters. The predicted molar refractivity (Wildman–Crippen MR) is 57.8 cm³/mol. The average molecular weight is 236 g/mol. The number of ketones is 1. The molecule has 0 bridgehead atoms. The largest absolute Gasteiger partial charge is 0.469 e. The highest BCUT2D eigenvalue weighted by atomic mass is 19.1. The van der Waals surface area contributed by atoms with E-state index in [1.807, 2.05) is 0 Å². The Morgan fingerprint density at radius 2 is 2.06 bits per heavy atom. The number of carbonyl (C=O) groups excluding carboxylic acids is 1. The Hall–Kier alpha value is -1.97. The van der Waals surface area contributed by atoms with E-state index < -0.39 is 11.6 Å². The van der Waals surface area contributed by atoms with E-state index in [9.17, 15) is 13.6 Å². The summed E-state index contributed by atoms with van der Waals surface area (Å²) in [5.74, 6) is -0.952. The van der Waals surface area contributed by atoms with Gasteiger partial charge in [-0.15, -0.1) is 0 Å². The second-order valence-corrected chi connectivity index (χ2v) is 3.73. The first-order valence-corrected chi connectivity index (χ1v) is 5.09. The molecule has 0 radical (unpaired) electrons. The third kappa shape index (κ3) is 2.41. The molecule has 1 heterocycles. The number of rotatable bonds is 3. The SMILES string of the molecule is Cc1occc1C(=O)Cc1cc(F)ccc1F. The lowest BCUT2D eigenvalue weighted by Crippen LogP contribution is -2.05. The van der Waals surface area contributed by atoms with Gasteiger partial charge in [0.2, 0.25) is 0 Å². The Kier molecular flexibility index (Phi) is 3.04. The fourth-order valence-corrected chi connectivity index (χ4v) is 1.62. The van der Waals surface area contributed by atoms with Crippen LogP contribution >= 0.6 is 0 Å². The van der Waals surface area contributed by atoms with E-state index in [0.717, 1.165) is 18.2 Å². The quantitative estimate of drug-likeness (QED) is 0.765. The Morgan fingerprint density at radius 3 is 2.71 bits per heavy atom. The molecule has 0 fully saturated rings. The summed E-state index contributed by atoms with van der Waals surface area (Å²) in [6, 6.07) is 4.59. The van der Waals surface area contributed by atoms with Gasteiger partial charge in [-0.3, -0.25) is 4.79 Å². The summed E-state index contributed by atoms with van der Waals surface area (Å²) in [6.45, 7) is 1.65. The van der Waals surface area contributed by atoms with Gasteiger partial charge in [-0.2, -0.15) is 0 Å². The summed E-state index contributed by atoms with van der Waals surface area (Å²) < 4.78 is 31.2. The smallest absolute Gasteiger partial charge is 0.170 e. The summed E-state index contributed by atoms with van der Waals surface area (Å²) in [5, 5.41) is 0. The van der Waals surface area contributed by atoms with Crippen LogP contribution in [0.3, 0.4) is 0 Å². The lowest BCUT2D eigenvalue weighted by molar-refractivity contribution is 0.0990. The number of hydrogen-bond acceptors (Lipinski definition) is 2. The number of aryl methyl sites for hydroxylation is 1. The van der Waals surface area contributed by atoms with E-state index in [4.69, 9.17) is 4.42 Å². The highest BCUT2D eigenvalue weighted by molar-refractivity contribution is 5.98. The first-order valence-electron chi connectivity index (χ1n) is 5.09. The van der Waals surface area contributed by atoms with E-state index >= 15 is 0 Å². The van der Waals surface area contributed by atoms with Crippen molar-refractivity contribution in [2.24, 2.45) is 0 Å². The summed E-state index contributed by atoms with van der Waals surface area (Å²) in [5.41, 5.74) is 0.448. The zero-order chi connectivity index (χ0) is 12.4. The van der Waals surface area contributed by atoms with Crippen molar-refractivity contribution >= 4 is 5.78 Å². The molecule has 2 nitrogen and oxygen atoms in total. The van der Waals surface area contributed by atoms with E-state index in [0.29, 0.717) is 11.3 Å². The number of carbonyl (C=O) groups is 1. The fraction of sp³-hybridized carbons (Fsp3) is 0.154. The normalized spacial score (nSPS) is 10.5. The topological polar surface area (TPSA) is 30.2 Å². The number of benzene rings is 1. The van der Waals surface area contributed by atoms with Crippen molar-refractivity contribution in [3.63, 3.8) is 0 Å². The van der Waals surface area contributed by atoms with Crippen LogP contribution in [0, 0.1) is 18.6 Å². The van der Waals surface area contributed by atoms with Crippen LogP contribution in [0.1, 0.15) is 21.7 Å². The van der Waals surface area contributed by atoms with Crippen molar-refractivity contribution in [2.45, 2.75) is 13.3 Å². The lowest BCUT2D eigenvalue weighted by Gasteiger charge is -2.02. The molecule has 88 valence electrons. The Morgan fingerprint density at radius 1 is 1.29 bits per heavy atom. The van der Waals surface area contributed by atoms with Gasteiger partial charge in [0, 0.05) is 6.42 Å². The predicted octanol–water partition coefficient (Wildman–Crippen LogP) is 3.29. The van der Waals surface area contributed by atoms with Crippen molar-refractivity contribution in [3.05, 3.63) is 59.1 Å². The van der Waals surface area contributed by atoms with Crippen LogP contribution in [0.2, 0.25) is 0 Å². The molecule has 0 saturated heterocycles. The Bertz CT molecular complexity index is 558. The molecular weight excluding hydrogens is 226 g/mol. The monoisotopic (exact) mass is 236 g/mol. The molecule has 0 aliphatic rings. The van der Waals surface area contributed by atoms with Gasteiger partial charge in [-0.25, -0.2) is 8.78 Å². The summed E-state index contributed by atoms with van der Waals surface area (Å²) >= 11 is 0. The van der Waals surface area contributed by atoms with Crippen LogP contribution in [0.25, 0.3) is 0 Å². The Labute approximate surface area is 96.9 Å². The first-order chi connectivity index (χ1) is 8.08. The second-order valence-electron chi connectivity index (χ2n) is 3.73. The molecule has 0 saturated carbocycles. The van der Waals surface area contributed by atoms with Crippen molar-refractivity contribution in [1.82, 2.24) is 0 Å². The maximum absolute atomic E-state index is 13.3. The van der Waals surface area contributed by atoms with Gasteiger partial charge < -0.3 is 4.42 Å². The lowest BCUT2D eigenvalue weighted by atomic mass is 10.0. The van der Waals surface area contributed by atoms with Gasteiger partial charge in [0.05, 0.1) is 11.8 Å². The minimum absolute atomic E-state index is 0.0515. The molecule has 1 aromatic carbocycles. The molecule has 0 aliphatic carbocycles. The van der Waals surface area contributed by atoms with Crippen LogP contribution in [-0.2, 0) is 6.42 Å². The highest BCUT2D eigenvalue weighted by Gasteiger charge is 2.14. The van der Waals surface area contributed by atoms with E-state index in [-0.39, 0.29) is 17.8 Å². The van der Waals surface area contributed by atoms with Crippen molar-refractivity contribution in [2.75, 3.05) is 0 Å². The molecule has 0 amide bonds. The zero-order valence-electron chi connectivity index (χ0n) is 9.17. The second kappa shape index (κ2) is 4.49. The third-order valence-corrected chi connectivity index (χ3v) is 2.52. The molecule has 1 aromatic heterocycles. The van der Waals surface area contributed by atoms with Gasteiger partial charge in [-0.1, -0.05) is 0 Å². The standard InChI is InChI=1S/C13H10F2O2/c1-8-11(4-5-17-8)13(16)7-9-6-10(14)2-3-12(9)15/h2-6H,7H2,1H3. The molecule has 0 aliphatic heterocycles. The van der Waals surface area contributed by atoms with Gasteiger partial charge in [0.25, 0.3) is 0 Å². The van der Waals surface area contributed by atoms with Crippen molar-refractivity contribution in [1.29, 1.82) is 0 Å². The molecule has 0 atom stereocenters. The van der Waals surface area contributed by atoms with Crippen LogP contribution in [0.4, 0.5) is 8.78 Å². The van der Waals surface area contributed by atoms with E-state index in [1.165, 1.54) is 12.3 Å². The summed E-state index contributed by atoms with van der Waals surface area (Å²) in [4.78, 5) is 11.8. The fourth-order valence-electron chi connectivity index (χ4n) is 1.62. The van der Waals surface area contributed by atoms with Gasteiger partial charge in [0.15, 0.2) is 5.78 Å². The molecular formula is C13H10F2O2. The highest BCUT2D eigenvalue weighted by Crippen LogP contribution is 2.16. The maximum Gasteiger partial charge on any atom is 0.170 e. The average Bonchev–Trinajstić information content (AvgIpc) is 2.70. The molecule has 17 heavy (non-hydrogen) atoms. The van der Waals surface area contributed by atoms with Crippen LogP contribution in [-0.4, -0.2) is 5.78 Å². The zero-order valence-corrected chi connectivity index (χ0v) is 9.17. The van der Waals surface area contributed by atoms with Gasteiger partial charge >= 0.3 is 0 Å². The summed E-state index contributed by atoms with van der Waals surface area (Å²) in [6.07, 6.45) is 1.22. The molecule has 0 spiro atoms. The molecule has 2 rings (SSSR count). The van der Waals surface area contributed by atoms with Crippen LogP contribution in [0.5, 0.6) is 0 Å². The van der Waals surface area contributed by atoms with Crippen molar-refractivity contribution < 1.29 is 18.0 Å². The maximum atomic E-state index is 13.3. The van der Waals surface area contributed by atoms with Crippen LogP contribution in [0.15, 0.2) is 34.9 Å². The number of halogens is 2. The minimum atomic E-state index is -0.583.